The fourth-order valence-corrected chi connectivity index (χ4v) is 58.9. The van der Waals surface area contributed by atoms with Gasteiger partial charge in [0, 0.05) is 0 Å². The van der Waals surface area contributed by atoms with E-state index in [4.69, 9.17) is 0 Å². The van der Waals surface area contributed by atoms with Crippen molar-refractivity contribution < 1.29 is 42.9 Å². The van der Waals surface area contributed by atoms with E-state index in [0.29, 0.717) is 11.1 Å². The zero-order valence-corrected chi connectivity index (χ0v) is 29.3. The second kappa shape index (κ2) is 11.7. The first-order valence-electron chi connectivity index (χ1n) is 14.3. The summed E-state index contributed by atoms with van der Waals surface area (Å²) in [7, 11) is 3.26. The summed E-state index contributed by atoms with van der Waals surface area (Å²) < 4.78 is 34.9. The molecule has 0 radical (unpaired) electrons. The SMILES string of the molecule is Cn1ccn[c]1[Zn]([c]1nccn1C)([P](=O)(O)c1ccccc1-c1ccccc1O)[P](=O)(O)c1ccccc1-c1ccccc1O. The summed E-state index contributed by atoms with van der Waals surface area (Å²) in [5, 5.41) is 21.5. The van der Waals surface area contributed by atoms with Crippen LogP contribution in [-0.2, 0) is 37.0 Å². The minimum absolute atomic E-state index is 0.0453. The summed E-state index contributed by atoms with van der Waals surface area (Å²) in [6.45, 7) is 0. The molecule has 0 amide bonds. The van der Waals surface area contributed by atoms with E-state index in [1.54, 1.807) is 99.3 Å². The molecule has 0 saturated carbocycles. The third kappa shape index (κ3) is 4.75. The molecule has 0 aliphatic rings. The molecule has 10 nitrogen and oxygen atoms in total. The average Bonchev–Trinajstić information content (AvgIpc) is 3.66. The number of aromatic hydroxyl groups is 2. The van der Waals surface area contributed by atoms with Crippen molar-refractivity contribution >= 4 is 30.8 Å². The van der Waals surface area contributed by atoms with Gasteiger partial charge in [-0.25, -0.2) is 0 Å². The Labute approximate surface area is 261 Å². The van der Waals surface area contributed by atoms with Crippen LogP contribution >= 0.6 is 11.4 Å². The van der Waals surface area contributed by atoms with Gasteiger partial charge in [-0.2, -0.15) is 0 Å². The minimum atomic E-state index is -6.44. The van der Waals surface area contributed by atoms with Crippen molar-refractivity contribution in [3.05, 3.63) is 122 Å². The number of imidazole rings is 2. The molecule has 0 fully saturated rings. The molecular weight excluding hydrogens is 664 g/mol. The van der Waals surface area contributed by atoms with Gasteiger partial charge in [-0.05, 0) is 0 Å². The van der Waals surface area contributed by atoms with Crippen LogP contribution in [0, 0.1) is 0 Å². The summed E-state index contributed by atoms with van der Waals surface area (Å²) in [6.07, 6.45) is 6.04. The Balaban J connectivity index is 1.79. The van der Waals surface area contributed by atoms with Crippen LogP contribution in [0.2, 0.25) is 0 Å². The van der Waals surface area contributed by atoms with Crippen molar-refractivity contribution in [2.24, 2.45) is 14.1 Å². The van der Waals surface area contributed by atoms with Gasteiger partial charge in [0.05, 0.1) is 0 Å². The summed E-state index contributed by atoms with van der Waals surface area (Å²) in [4.78, 5) is 34.9. The molecule has 2 aromatic heterocycles. The monoisotopic (exact) mass is 692 g/mol. The topological polar surface area (TPSA) is 151 Å². The van der Waals surface area contributed by atoms with E-state index in [-0.39, 0.29) is 42.1 Å². The zero-order chi connectivity index (χ0) is 32.0. The molecule has 0 aliphatic heterocycles. The molecule has 0 spiro atoms. The quantitative estimate of drug-likeness (QED) is 0.138. The molecule has 4 N–H and O–H groups in total. The molecule has 0 saturated heterocycles. The Morgan fingerprint density at radius 2 is 0.889 bits per heavy atom. The molecule has 6 rings (SSSR count). The fraction of sp³-hybridized carbons (Fsp3) is 0.0625. The predicted molar refractivity (Wildman–Crippen MR) is 172 cm³/mol. The van der Waals surface area contributed by atoms with Crippen molar-refractivity contribution in [2.45, 2.75) is 0 Å². The number of aryl methyl sites for hydroxylation is 2. The Bertz CT molecular complexity index is 1990. The van der Waals surface area contributed by atoms with Crippen molar-refractivity contribution in [3.63, 3.8) is 0 Å². The van der Waals surface area contributed by atoms with Gasteiger partial charge in [-0.3, -0.25) is 0 Å². The molecule has 4 aromatic carbocycles. The van der Waals surface area contributed by atoms with Crippen molar-refractivity contribution in [2.75, 3.05) is 0 Å². The maximum absolute atomic E-state index is 15.9. The zero-order valence-electron chi connectivity index (χ0n) is 24.5. The third-order valence-electron chi connectivity index (χ3n) is 8.91. The van der Waals surface area contributed by atoms with Gasteiger partial charge in [0.1, 0.15) is 0 Å². The molecule has 0 bridgehead atoms. The number of benzene rings is 4. The van der Waals surface area contributed by atoms with Crippen LogP contribution < -0.4 is 19.4 Å². The van der Waals surface area contributed by atoms with Crippen LogP contribution in [0.15, 0.2) is 122 Å². The normalized spacial score (nSPS) is 14.1. The van der Waals surface area contributed by atoms with Crippen LogP contribution in [0.4, 0.5) is 0 Å². The number of hydrogen-bond donors (Lipinski definition) is 4. The van der Waals surface area contributed by atoms with Gasteiger partial charge >= 0.3 is 263 Å². The Hall–Kier alpha value is -4.10. The average molecular weight is 694 g/mol. The first-order valence-corrected chi connectivity index (χ1v) is 28.9. The molecule has 45 heavy (non-hydrogen) atoms. The number of para-hydroxylation sites is 2. The summed E-state index contributed by atoms with van der Waals surface area (Å²) in [6, 6.07) is 25.6. The van der Waals surface area contributed by atoms with Gasteiger partial charge in [-0.1, -0.05) is 0 Å². The van der Waals surface area contributed by atoms with Gasteiger partial charge in [0.2, 0.25) is 0 Å². The summed E-state index contributed by atoms with van der Waals surface area (Å²) in [5.74, 6) is -0.226. The Kier molecular flexibility index (Phi) is 8.02. The van der Waals surface area contributed by atoms with E-state index in [1.807, 2.05) is 0 Å². The standard InChI is InChI=1S/2C12H9O3P.2C4H5N2.Zn/c2*13-11-7-3-1-5-9(11)10-6-2-4-8-12(10)16(14)15;2*1-6-3-2-5-4-6;/h2*1-8H,(H-,13,14,15);2*2-3H,1H3;/q;;;;-2/p+2. The van der Waals surface area contributed by atoms with E-state index in [0.717, 1.165) is 0 Å². The van der Waals surface area contributed by atoms with Crippen LogP contribution in [0.5, 0.6) is 11.5 Å². The third-order valence-corrected chi connectivity index (χ3v) is 58.0. The molecule has 6 aromatic rings. The molecule has 2 atom stereocenters. The van der Waals surface area contributed by atoms with Gasteiger partial charge in [0.25, 0.3) is 0 Å². The molecule has 0 aliphatic carbocycles. The number of hydrogen-bond acceptors (Lipinski definition) is 6. The van der Waals surface area contributed by atoms with E-state index in [9.17, 15) is 20.0 Å². The van der Waals surface area contributed by atoms with E-state index >= 15 is 9.13 Å². The van der Waals surface area contributed by atoms with Crippen LogP contribution in [0.3, 0.4) is 0 Å². The number of rotatable bonds is 8. The Morgan fingerprint density at radius 3 is 1.22 bits per heavy atom. The first-order chi connectivity index (χ1) is 21.5. The number of phenols is 2. The van der Waals surface area contributed by atoms with Crippen LogP contribution in [0.1, 0.15) is 0 Å². The van der Waals surface area contributed by atoms with Gasteiger partial charge in [0.15, 0.2) is 0 Å². The number of phenolic OH excluding ortho intramolecular Hbond substituents is 2. The van der Waals surface area contributed by atoms with Crippen molar-refractivity contribution in [1.82, 2.24) is 19.1 Å². The van der Waals surface area contributed by atoms with E-state index < -0.39 is 25.2 Å². The molecule has 2 heterocycles. The summed E-state index contributed by atoms with van der Waals surface area (Å²) in [5.41, 5.74) is -8.87. The van der Waals surface area contributed by atoms with E-state index in [2.05, 4.69) is 9.97 Å². The first kappa shape index (κ1) is 30.9. The van der Waals surface area contributed by atoms with Gasteiger partial charge < -0.3 is 0 Å². The van der Waals surface area contributed by atoms with Crippen LogP contribution in [0.25, 0.3) is 22.3 Å². The van der Waals surface area contributed by atoms with Crippen molar-refractivity contribution in [1.29, 1.82) is 0 Å². The van der Waals surface area contributed by atoms with E-state index in [1.165, 1.54) is 45.8 Å². The van der Waals surface area contributed by atoms with Crippen molar-refractivity contribution in [3.8, 4) is 33.8 Å². The molecule has 13 heteroatoms. The number of nitrogens with zero attached hydrogens (tertiary/aromatic N) is 4. The Morgan fingerprint density at radius 1 is 0.556 bits per heavy atom. The second-order valence-corrected chi connectivity index (χ2v) is 45.0. The fourth-order valence-electron chi connectivity index (χ4n) is 6.82. The number of aromatic nitrogens is 4. The van der Waals surface area contributed by atoms with Gasteiger partial charge in [-0.15, -0.1) is 0 Å². The maximum atomic E-state index is 15.9. The molecular formula is C32H30N4O6P2Zn. The molecule has 2 unspecified atom stereocenters. The molecule has 226 valence electrons. The summed E-state index contributed by atoms with van der Waals surface area (Å²) >= 11 is -6.44. The second-order valence-electron chi connectivity index (χ2n) is 11.3. The van der Waals surface area contributed by atoms with Crippen LogP contribution in [-0.4, -0.2) is 39.1 Å². The predicted octanol–water partition coefficient (Wildman–Crippen LogP) is 4.03.